The molecule has 15 nitrogen and oxygen atoms in total. The van der Waals surface area contributed by atoms with Crippen LogP contribution < -0.4 is 19.1 Å². The van der Waals surface area contributed by atoms with Gasteiger partial charge in [-0.25, -0.2) is 19.1 Å². The quantitative estimate of drug-likeness (QED) is 0.0576. The van der Waals surface area contributed by atoms with Gasteiger partial charge in [-0.3, -0.25) is 19.4 Å². The molecule has 356 valence electrons. The number of benzene rings is 4. The monoisotopic (exact) mass is 1020 g/mol. The molecule has 0 radical (unpaired) electrons. The number of rotatable bonds is 15. The van der Waals surface area contributed by atoms with Gasteiger partial charge in [-0.2, -0.15) is 0 Å². The first kappa shape index (κ1) is 47.0. The van der Waals surface area contributed by atoms with Gasteiger partial charge in [-0.15, -0.1) is 23.2 Å². The number of phosphoric ester groups is 1. The summed E-state index contributed by atoms with van der Waals surface area (Å²) in [5, 5.41) is 3.58. The predicted molar refractivity (Wildman–Crippen MR) is 263 cm³/mol. The number of hydrogen-bond donors (Lipinski definition) is 2. The van der Waals surface area contributed by atoms with Crippen LogP contribution in [0.5, 0.6) is 11.5 Å². The summed E-state index contributed by atoms with van der Waals surface area (Å²) in [5.74, 6) is 0.0689. The third-order valence-corrected chi connectivity index (χ3v) is 18.5. The second kappa shape index (κ2) is 17.6. The second-order valence-electron chi connectivity index (χ2n) is 18.5. The molecule has 6 atom stereocenters. The molecule has 2 aliphatic heterocycles. The molecule has 68 heavy (non-hydrogen) atoms. The number of nitrogens with zero attached hydrogens (tertiary/aromatic N) is 5. The van der Waals surface area contributed by atoms with Gasteiger partial charge in [0.2, 0.25) is 11.8 Å². The molecule has 3 fully saturated rings. The van der Waals surface area contributed by atoms with E-state index < -0.39 is 36.3 Å². The first-order valence-corrected chi connectivity index (χ1v) is 27.0. The summed E-state index contributed by atoms with van der Waals surface area (Å²) >= 11 is 13.2. The van der Waals surface area contributed by atoms with Crippen LogP contribution in [0.4, 0.5) is 21.0 Å². The predicted octanol–water partition coefficient (Wildman–Crippen LogP) is 9.40. The molecule has 3 saturated carbocycles. The number of fused-ring (bicyclic) bond motifs is 6. The molecule has 2 N–H and O–H groups in total. The van der Waals surface area contributed by atoms with Crippen LogP contribution in [0.3, 0.4) is 0 Å². The van der Waals surface area contributed by atoms with Crippen LogP contribution in [0.2, 0.25) is 0 Å². The van der Waals surface area contributed by atoms with Gasteiger partial charge >= 0.3 is 20.0 Å². The summed E-state index contributed by atoms with van der Waals surface area (Å²) in [6.45, 7) is 3.12. The first-order valence-electron chi connectivity index (χ1n) is 22.2. The Labute approximate surface area is 410 Å². The molecule has 10 rings (SSSR count). The Bertz CT molecular complexity index is 2950. The van der Waals surface area contributed by atoms with Gasteiger partial charge in [0.25, 0.3) is 0 Å². The van der Waals surface area contributed by atoms with Crippen molar-refractivity contribution in [3.63, 3.8) is 0 Å². The maximum Gasteiger partial charge on any atom is 0.524 e. The topological polar surface area (TPSA) is 179 Å². The smallest absolute Gasteiger partial charge is 0.448 e. The van der Waals surface area contributed by atoms with Gasteiger partial charge in [-0.05, 0) is 71.0 Å². The number of halogens is 2. The van der Waals surface area contributed by atoms with Crippen molar-refractivity contribution in [1.29, 1.82) is 0 Å². The van der Waals surface area contributed by atoms with Crippen molar-refractivity contribution in [2.45, 2.75) is 48.3 Å². The number of anilines is 2. The molecule has 20 heteroatoms. The van der Waals surface area contributed by atoms with Gasteiger partial charge in [-0.1, -0.05) is 65.4 Å². The van der Waals surface area contributed by atoms with E-state index in [2.05, 4.69) is 4.98 Å². The highest BCUT2D eigenvalue weighted by molar-refractivity contribution is 8.76. The van der Waals surface area contributed by atoms with Crippen LogP contribution in [-0.2, 0) is 18.9 Å². The number of carbonyl (C=O) groups is 4. The van der Waals surface area contributed by atoms with Crippen molar-refractivity contribution < 1.29 is 47.5 Å². The zero-order valence-corrected chi connectivity index (χ0v) is 41.3. The maximum absolute atomic E-state index is 15.0. The van der Waals surface area contributed by atoms with Crippen LogP contribution in [0, 0.1) is 16.2 Å². The van der Waals surface area contributed by atoms with E-state index in [4.69, 9.17) is 37.2 Å². The zero-order chi connectivity index (χ0) is 47.9. The molecular weight excluding hydrogens is 973 g/mol. The number of ether oxygens (including phenoxy) is 2. The lowest BCUT2D eigenvalue weighted by atomic mass is 9.72. The van der Waals surface area contributed by atoms with E-state index in [-0.39, 0.29) is 78.4 Å². The van der Waals surface area contributed by atoms with Gasteiger partial charge in [0, 0.05) is 104 Å². The molecule has 5 aromatic rings. The third-order valence-electron chi connectivity index (χ3n) is 14.5. The Morgan fingerprint density at radius 2 is 1.29 bits per heavy atom. The minimum atomic E-state index is -4.94. The molecule has 0 bridgehead atoms. The van der Waals surface area contributed by atoms with Crippen molar-refractivity contribution in [2.24, 2.45) is 16.2 Å². The molecule has 5 aliphatic rings. The van der Waals surface area contributed by atoms with Gasteiger partial charge in [0.05, 0.1) is 22.2 Å². The normalized spacial score (nSPS) is 24.3. The molecule has 1 aromatic heterocycles. The number of amides is 4. The largest absolute Gasteiger partial charge is 0.524 e. The van der Waals surface area contributed by atoms with E-state index in [1.165, 1.54) is 26.7 Å². The Balaban J connectivity index is 0.830. The third kappa shape index (κ3) is 7.76. The van der Waals surface area contributed by atoms with E-state index in [9.17, 15) is 33.5 Å². The van der Waals surface area contributed by atoms with E-state index in [0.29, 0.717) is 53.3 Å². The number of likely N-dealkylation sites (N-methyl/N-ethyl adjacent to an activating group) is 2. The average Bonchev–Trinajstić information content (AvgIpc) is 3.84. The van der Waals surface area contributed by atoms with E-state index in [0.717, 1.165) is 21.5 Å². The maximum atomic E-state index is 15.0. The summed E-state index contributed by atoms with van der Waals surface area (Å²) in [6, 6.07) is 23.6. The van der Waals surface area contributed by atoms with E-state index in [1.807, 2.05) is 61.5 Å². The summed E-state index contributed by atoms with van der Waals surface area (Å²) in [4.78, 5) is 86.4. The highest BCUT2D eigenvalue weighted by atomic mass is 35.5. The Kier molecular flexibility index (Phi) is 12.1. The summed E-state index contributed by atoms with van der Waals surface area (Å²) < 4.78 is 28.8. The number of aromatic nitrogens is 1. The fourth-order valence-corrected chi connectivity index (χ4v) is 13.9. The van der Waals surface area contributed by atoms with Crippen LogP contribution in [-0.4, -0.2) is 112 Å². The Morgan fingerprint density at radius 1 is 0.779 bits per heavy atom. The molecule has 4 amide bonds. The number of alkyl halides is 2. The van der Waals surface area contributed by atoms with Gasteiger partial charge in [0.1, 0.15) is 23.1 Å². The standard InChI is InChI=1S/C48H48Cl2N5O10PS2/c1-28(67-68-39-14-8-9-15-51-39)24-63-44(58)52(2)16-17-53(3)45(59)64-37-18-35-40(33-12-6-4-10-31(33)37)29(20-49)22-54(35)42(56)46-25-47(27-48(46,47)26-46)43(57)55-23-30(21-50)41-34-13-7-5-11-32(34)38(19-36(41)55)65-66(60,61)62/h4-15,18-19,28-30H,16-17,20-27H2,1-3H3,(H2,60,61,62). The van der Waals surface area contributed by atoms with Crippen LogP contribution in [0.15, 0.2) is 90.1 Å². The van der Waals surface area contributed by atoms with Crippen molar-refractivity contribution in [1.82, 2.24) is 14.8 Å². The highest BCUT2D eigenvalue weighted by Gasteiger charge is 3.01. The molecule has 1 spiro atoms. The number of carbonyl (C=O) groups excluding carboxylic acids is 4. The minimum absolute atomic E-state index is 0.0129. The Morgan fingerprint density at radius 3 is 1.81 bits per heavy atom. The van der Waals surface area contributed by atoms with Crippen LogP contribution in [0.1, 0.15) is 49.1 Å². The summed E-state index contributed by atoms with van der Waals surface area (Å²) in [7, 11) is 1.32. The van der Waals surface area contributed by atoms with Gasteiger partial charge in [0.15, 0.2) is 0 Å². The van der Waals surface area contributed by atoms with Crippen molar-refractivity contribution in [2.75, 3.05) is 68.4 Å². The van der Waals surface area contributed by atoms with Crippen molar-refractivity contribution in [3.8, 4) is 11.5 Å². The number of phosphoric acid groups is 1. The van der Waals surface area contributed by atoms with E-state index >= 15 is 0 Å². The first-order chi connectivity index (χ1) is 32.5. The molecule has 6 unspecified atom stereocenters. The van der Waals surface area contributed by atoms with Gasteiger partial charge < -0.3 is 33.6 Å². The molecule has 0 saturated heterocycles. The average molecular weight is 1020 g/mol. The molecular formula is C48H48Cl2N5O10PS2. The van der Waals surface area contributed by atoms with Crippen molar-refractivity contribution in [3.05, 3.63) is 96.2 Å². The van der Waals surface area contributed by atoms with E-state index in [1.54, 1.807) is 59.1 Å². The highest BCUT2D eigenvalue weighted by Crippen LogP contribution is 3.01. The number of hydrogen-bond acceptors (Lipinski definition) is 11. The molecule has 3 heterocycles. The van der Waals surface area contributed by atoms with Crippen molar-refractivity contribution >= 4 is 110 Å². The second-order valence-corrected chi connectivity index (χ2v) is 23.0. The molecule has 3 aliphatic carbocycles. The summed E-state index contributed by atoms with van der Waals surface area (Å²) in [5.41, 5.74) is 0.803. The Hall–Kier alpha value is -4.74. The molecule has 4 aromatic carbocycles. The summed E-state index contributed by atoms with van der Waals surface area (Å²) in [6.07, 6.45) is 2.02. The lowest BCUT2D eigenvalue weighted by Crippen LogP contribution is -2.49. The SMILES string of the molecule is CC(COC(=O)N(C)CCN(C)C(=O)Oc1cc2c(c3ccccc13)C(CCl)CN2C(=O)C12CC3(C(=O)N4CC(CCl)c5c4cc(OP(=O)(O)O)c4ccccc54)CC13C2)SSc1ccccn1. The fraction of sp³-hybridized carbons (Fsp3) is 0.396. The van der Waals surface area contributed by atoms with Crippen LogP contribution >= 0.6 is 52.6 Å². The number of pyridine rings is 1. The zero-order valence-electron chi connectivity index (χ0n) is 37.3. The lowest BCUT2D eigenvalue weighted by Gasteiger charge is -2.37. The minimum Gasteiger partial charge on any atom is -0.448 e. The lowest BCUT2D eigenvalue weighted by molar-refractivity contribution is -0.134. The fourth-order valence-electron chi connectivity index (χ4n) is 11.2. The van der Waals surface area contributed by atoms with Crippen LogP contribution in [0.25, 0.3) is 21.5 Å².